The Bertz CT molecular complexity index is 1240. The molecule has 4 aromatic rings. The molecule has 0 atom stereocenters. The first-order valence-electron chi connectivity index (χ1n) is 10.2. The van der Waals surface area contributed by atoms with Crippen molar-refractivity contribution in [2.45, 2.75) is 26.7 Å². The molecule has 0 radical (unpaired) electrons. The minimum Gasteiger partial charge on any atom is -0.440 e. The molecule has 0 bridgehead atoms. The first-order chi connectivity index (χ1) is 15.4. The zero-order valence-corrected chi connectivity index (χ0v) is 19.3. The molecule has 1 aromatic heterocycles. The maximum Gasteiger partial charge on any atom is 0.230 e. The lowest BCUT2D eigenvalue weighted by Gasteiger charge is -2.10. The van der Waals surface area contributed by atoms with Gasteiger partial charge in [-0.2, -0.15) is 0 Å². The predicted molar refractivity (Wildman–Crippen MR) is 132 cm³/mol. The quantitative estimate of drug-likeness (QED) is 0.369. The number of carbonyl (C=O) groups is 1. The molecule has 0 aliphatic heterocycles. The number of hydrogen-bond acceptors (Lipinski definition) is 4. The van der Waals surface area contributed by atoms with Crippen molar-refractivity contribution < 1.29 is 9.21 Å². The fourth-order valence-corrected chi connectivity index (χ4v) is 3.66. The van der Waals surface area contributed by atoms with Gasteiger partial charge in [0.2, 0.25) is 5.91 Å². The number of hydrogen-bond donors (Lipinski definition) is 2. The number of rotatable bonds is 5. The highest BCUT2D eigenvalue weighted by Gasteiger charge is 2.10. The monoisotopic (exact) mass is 463 g/mol. The summed E-state index contributed by atoms with van der Waals surface area (Å²) in [6.07, 6.45) is 0.816. The summed E-state index contributed by atoms with van der Waals surface area (Å²) in [5.74, 6) is 0.485. The van der Waals surface area contributed by atoms with Gasteiger partial charge in [-0.1, -0.05) is 35.9 Å². The van der Waals surface area contributed by atoms with Crippen molar-refractivity contribution in [3.8, 4) is 0 Å². The minimum atomic E-state index is -0.192. The number of aryl methyl sites for hydroxylation is 2. The van der Waals surface area contributed by atoms with Crippen LogP contribution in [0.2, 0.25) is 5.02 Å². The van der Waals surface area contributed by atoms with E-state index in [9.17, 15) is 4.79 Å². The first-order valence-corrected chi connectivity index (χ1v) is 11.0. The summed E-state index contributed by atoms with van der Waals surface area (Å²) < 4.78 is 5.90. The highest BCUT2D eigenvalue weighted by Crippen LogP contribution is 2.22. The molecule has 0 fully saturated rings. The Morgan fingerprint density at radius 2 is 1.66 bits per heavy atom. The second kappa shape index (κ2) is 9.51. The summed E-state index contributed by atoms with van der Waals surface area (Å²) in [6, 6.07) is 19.0. The number of aromatic nitrogens is 1. The maximum atomic E-state index is 12.2. The van der Waals surface area contributed by atoms with Crippen molar-refractivity contribution in [1.82, 2.24) is 10.3 Å². The lowest BCUT2D eigenvalue weighted by molar-refractivity contribution is -0.119. The Balaban J connectivity index is 1.32. The van der Waals surface area contributed by atoms with Gasteiger partial charge in [0, 0.05) is 17.1 Å². The van der Waals surface area contributed by atoms with Crippen molar-refractivity contribution in [3.05, 3.63) is 93.8 Å². The molecule has 0 spiro atoms. The van der Waals surface area contributed by atoms with Gasteiger partial charge in [-0.15, -0.1) is 0 Å². The van der Waals surface area contributed by atoms with Crippen LogP contribution in [0.4, 0.5) is 5.69 Å². The third kappa shape index (κ3) is 5.52. The van der Waals surface area contributed by atoms with Crippen LogP contribution in [0, 0.1) is 13.8 Å². The summed E-state index contributed by atoms with van der Waals surface area (Å²) >= 11 is 11.1. The van der Waals surface area contributed by atoms with E-state index < -0.39 is 0 Å². The Morgan fingerprint density at radius 1 is 1.00 bits per heavy atom. The minimum absolute atomic E-state index is 0.192. The molecule has 3 aromatic carbocycles. The number of benzene rings is 3. The molecule has 0 aliphatic rings. The molecule has 32 heavy (non-hydrogen) atoms. The fraction of sp³-hybridized carbons (Fsp3) is 0.160. The van der Waals surface area contributed by atoms with Crippen LogP contribution in [0.5, 0.6) is 0 Å². The van der Waals surface area contributed by atoms with Gasteiger partial charge in [0.05, 0.1) is 6.42 Å². The maximum absolute atomic E-state index is 12.2. The molecular weight excluding hydrogens is 442 g/mol. The molecule has 1 amide bonds. The fourth-order valence-electron chi connectivity index (χ4n) is 3.30. The van der Waals surface area contributed by atoms with Gasteiger partial charge in [-0.3, -0.25) is 4.79 Å². The number of anilines is 1. The molecule has 7 heteroatoms. The third-order valence-corrected chi connectivity index (χ3v) is 5.60. The highest BCUT2D eigenvalue weighted by molar-refractivity contribution is 7.80. The van der Waals surface area contributed by atoms with Gasteiger partial charge >= 0.3 is 0 Å². The molecule has 0 saturated carbocycles. The first kappa shape index (κ1) is 22.0. The van der Waals surface area contributed by atoms with E-state index in [0.717, 1.165) is 27.9 Å². The number of halogens is 1. The van der Waals surface area contributed by atoms with E-state index in [-0.39, 0.29) is 17.4 Å². The largest absolute Gasteiger partial charge is 0.440 e. The Labute approximate surface area is 196 Å². The average molecular weight is 464 g/mol. The van der Waals surface area contributed by atoms with Gasteiger partial charge in [-0.25, -0.2) is 4.98 Å². The van der Waals surface area contributed by atoms with Crippen molar-refractivity contribution in [2.75, 3.05) is 5.32 Å². The number of amides is 1. The Morgan fingerprint density at radius 3 is 2.38 bits per heavy atom. The summed E-state index contributed by atoms with van der Waals surface area (Å²) in [6.45, 7) is 4.13. The summed E-state index contributed by atoms with van der Waals surface area (Å²) in [4.78, 5) is 16.8. The Kier molecular flexibility index (Phi) is 6.53. The third-order valence-electron chi connectivity index (χ3n) is 5.15. The van der Waals surface area contributed by atoms with Gasteiger partial charge in [0.1, 0.15) is 5.52 Å². The summed E-state index contributed by atoms with van der Waals surface area (Å²) in [7, 11) is 0. The normalized spacial score (nSPS) is 10.8. The number of thiocarbonyl (C=S) groups is 1. The standard InChI is InChI=1S/C25H22ClN3O2S/c1-15-11-21-22(12-16(15)2)31-24(28-21)14-18-5-9-20(10-6-18)27-25(32)29-23(30)13-17-3-7-19(26)8-4-17/h3-12H,13-14H2,1-2H3,(H2,27,29,30,32). The lowest BCUT2D eigenvalue weighted by Crippen LogP contribution is -2.35. The summed E-state index contributed by atoms with van der Waals surface area (Å²) in [5.41, 5.74) is 6.78. The average Bonchev–Trinajstić information content (AvgIpc) is 3.12. The van der Waals surface area contributed by atoms with Crippen molar-refractivity contribution in [1.29, 1.82) is 0 Å². The van der Waals surface area contributed by atoms with Crippen molar-refractivity contribution in [3.63, 3.8) is 0 Å². The molecule has 0 aliphatic carbocycles. The molecular formula is C25H22ClN3O2S. The second-order valence-corrected chi connectivity index (χ2v) is 8.54. The number of oxazole rings is 1. The van der Waals surface area contributed by atoms with Gasteiger partial charge in [0.25, 0.3) is 0 Å². The zero-order valence-electron chi connectivity index (χ0n) is 17.7. The van der Waals surface area contributed by atoms with Crippen molar-refractivity contribution >= 4 is 51.6 Å². The van der Waals surface area contributed by atoms with E-state index in [4.69, 9.17) is 28.2 Å². The van der Waals surface area contributed by atoms with Crippen LogP contribution in [0.25, 0.3) is 11.1 Å². The topological polar surface area (TPSA) is 67.2 Å². The smallest absolute Gasteiger partial charge is 0.230 e. The van der Waals surface area contributed by atoms with Crippen LogP contribution in [0.15, 0.2) is 65.1 Å². The molecule has 0 unspecified atom stereocenters. The van der Waals surface area contributed by atoms with E-state index in [2.05, 4.69) is 29.5 Å². The molecule has 1 heterocycles. The van der Waals surface area contributed by atoms with E-state index >= 15 is 0 Å². The van der Waals surface area contributed by atoms with Crippen LogP contribution in [0.3, 0.4) is 0 Å². The van der Waals surface area contributed by atoms with Crippen LogP contribution in [-0.2, 0) is 17.6 Å². The molecule has 4 rings (SSSR count). The SMILES string of the molecule is Cc1cc2nc(Cc3ccc(NC(=S)NC(=O)Cc4ccc(Cl)cc4)cc3)oc2cc1C. The number of nitrogens with one attached hydrogen (secondary N) is 2. The lowest BCUT2D eigenvalue weighted by atomic mass is 10.1. The van der Waals surface area contributed by atoms with Crippen LogP contribution < -0.4 is 10.6 Å². The van der Waals surface area contributed by atoms with E-state index in [1.165, 1.54) is 11.1 Å². The number of nitrogens with zero attached hydrogens (tertiary/aromatic N) is 1. The highest BCUT2D eigenvalue weighted by atomic mass is 35.5. The Hall–Kier alpha value is -3.22. The van der Waals surface area contributed by atoms with E-state index in [1.54, 1.807) is 12.1 Å². The zero-order chi connectivity index (χ0) is 22.7. The molecule has 2 N–H and O–H groups in total. The molecule has 5 nitrogen and oxygen atoms in total. The van der Waals surface area contributed by atoms with Crippen LogP contribution in [0.1, 0.15) is 28.1 Å². The van der Waals surface area contributed by atoms with Gasteiger partial charge in [-0.05, 0) is 84.7 Å². The molecule has 162 valence electrons. The van der Waals surface area contributed by atoms with Crippen LogP contribution in [-0.4, -0.2) is 16.0 Å². The number of carbonyl (C=O) groups excluding carboxylic acids is 1. The number of fused-ring (bicyclic) bond motifs is 1. The summed E-state index contributed by atoms with van der Waals surface area (Å²) in [5, 5.41) is 6.61. The second-order valence-electron chi connectivity index (χ2n) is 7.69. The van der Waals surface area contributed by atoms with Gasteiger partial charge < -0.3 is 15.1 Å². The van der Waals surface area contributed by atoms with E-state index in [0.29, 0.717) is 17.3 Å². The predicted octanol–water partition coefficient (Wildman–Crippen LogP) is 5.74. The van der Waals surface area contributed by atoms with Crippen molar-refractivity contribution in [2.24, 2.45) is 0 Å². The molecule has 0 saturated heterocycles. The van der Waals surface area contributed by atoms with Crippen LogP contribution >= 0.6 is 23.8 Å². The van der Waals surface area contributed by atoms with E-state index in [1.807, 2.05) is 48.5 Å². The van der Waals surface area contributed by atoms with Gasteiger partial charge in [0.15, 0.2) is 16.6 Å².